The van der Waals surface area contributed by atoms with E-state index in [1.54, 1.807) is 24.5 Å². The zero-order valence-corrected chi connectivity index (χ0v) is 19.8. The summed E-state index contributed by atoms with van der Waals surface area (Å²) in [6, 6.07) is 18.6. The lowest BCUT2D eigenvalue weighted by molar-refractivity contribution is 0.100. The van der Waals surface area contributed by atoms with Gasteiger partial charge in [0.25, 0.3) is 11.5 Å². The number of carbonyl (C=O) groups excluding carboxylic acids is 1. The van der Waals surface area contributed by atoms with Gasteiger partial charge in [0.05, 0.1) is 40.6 Å². The molecule has 1 amide bonds. The predicted octanol–water partition coefficient (Wildman–Crippen LogP) is 4.22. The van der Waals surface area contributed by atoms with Gasteiger partial charge in [0, 0.05) is 22.5 Å². The molecule has 0 saturated heterocycles. The molecule has 0 radical (unpaired) electrons. The predicted molar refractivity (Wildman–Crippen MR) is 137 cm³/mol. The van der Waals surface area contributed by atoms with Crippen LogP contribution in [0.5, 0.6) is 0 Å². The molecule has 3 aromatic carbocycles. The van der Waals surface area contributed by atoms with E-state index in [1.165, 1.54) is 4.68 Å². The van der Waals surface area contributed by atoms with Crippen LogP contribution >= 0.6 is 0 Å². The van der Waals surface area contributed by atoms with Crippen molar-refractivity contribution in [2.45, 2.75) is 32.8 Å². The lowest BCUT2D eigenvalue weighted by atomic mass is 9.86. The number of nitrogens with two attached hydrogens (primary N) is 1. The maximum Gasteiger partial charge on any atom is 0.279 e. The fourth-order valence-electron chi connectivity index (χ4n) is 4.51. The molecule has 3 N–H and O–H groups in total. The molecular weight excluding hydrogens is 440 g/mol. The van der Waals surface area contributed by atoms with E-state index in [-0.39, 0.29) is 17.6 Å². The minimum atomic E-state index is -0.538. The van der Waals surface area contributed by atoms with Crippen molar-refractivity contribution in [1.82, 2.24) is 14.3 Å². The fraction of sp³-hybridized carbons (Fsp3) is 0.179. The molecule has 0 unspecified atom stereocenters. The smallest absolute Gasteiger partial charge is 0.279 e. The van der Waals surface area contributed by atoms with E-state index in [9.17, 15) is 14.7 Å². The van der Waals surface area contributed by atoms with Crippen LogP contribution in [0.1, 0.15) is 42.3 Å². The van der Waals surface area contributed by atoms with Crippen molar-refractivity contribution >= 4 is 27.6 Å². The summed E-state index contributed by atoms with van der Waals surface area (Å²) in [4.78, 5) is 25.5. The number of rotatable bonds is 4. The quantitative estimate of drug-likeness (QED) is 0.414. The lowest BCUT2D eigenvalue weighted by Gasteiger charge is -2.19. The van der Waals surface area contributed by atoms with E-state index in [0.717, 1.165) is 16.5 Å². The van der Waals surface area contributed by atoms with Crippen molar-refractivity contribution in [2.24, 2.45) is 5.73 Å². The third-order valence-corrected chi connectivity index (χ3v) is 6.40. The maximum atomic E-state index is 13.5. The second-order valence-electron chi connectivity index (χ2n) is 9.64. The number of para-hydroxylation sites is 1. The van der Waals surface area contributed by atoms with Crippen LogP contribution in [0.15, 0.2) is 77.9 Å². The Hall–Kier alpha value is -4.23. The molecule has 0 aliphatic carbocycles. The van der Waals surface area contributed by atoms with Gasteiger partial charge in [0.2, 0.25) is 0 Å². The van der Waals surface area contributed by atoms with Crippen LogP contribution in [-0.4, -0.2) is 25.4 Å². The third kappa shape index (κ3) is 3.70. The molecule has 2 heterocycles. The number of amides is 1. The topological polar surface area (TPSA) is 103 Å². The van der Waals surface area contributed by atoms with Crippen molar-refractivity contribution in [3.05, 3.63) is 100 Å². The van der Waals surface area contributed by atoms with Crippen molar-refractivity contribution < 1.29 is 9.90 Å². The van der Waals surface area contributed by atoms with Gasteiger partial charge in [0.15, 0.2) is 0 Å². The van der Waals surface area contributed by atoms with E-state index in [2.05, 4.69) is 25.9 Å². The van der Waals surface area contributed by atoms with Crippen LogP contribution < -0.4 is 11.3 Å². The Bertz CT molecular complexity index is 1670. The summed E-state index contributed by atoms with van der Waals surface area (Å²) >= 11 is 0. The Balaban J connectivity index is 1.73. The van der Waals surface area contributed by atoms with E-state index in [4.69, 9.17) is 5.73 Å². The number of carbonyl (C=O) groups is 1. The monoisotopic (exact) mass is 466 g/mol. The van der Waals surface area contributed by atoms with Gasteiger partial charge in [-0.25, -0.2) is 0 Å². The second-order valence-corrected chi connectivity index (χ2v) is 9.64. The minimum absolute atomic E-state index is 0.0508. The highest BCUT2D eigenvalue weighted by molar-refractivity contribution is 6.06. The van der Waals surface area contributed by atoms with Gasteiger partial charge in [-0.1, -0.05) is 51.1 Å². The SMILES string of the molecule is CC(C)(C)c1ccc2c(=O)n(-c3cccc(-n4cc(C(N)=O)c5ccccc54)c3CO)ncc2c1. The summed E-state index contributed by atoms with van der Waals surface area (Å²) in [5.41, 5.74) is 9.16. The molecule has 35 heavy (non-hydrogen) atoms. The van der Waals surface area contributed by atoms with Gasteiger partial charge in [0.1, 0.15) is 0 Å². The average molecular weight is 467 g/mol. The zero-order chi connectivity index (χ0) is 24.9. The van der Waals surface area contributed by atoms with Crippen molar-refractivity contribution in [2.75, 3.05) is 0 Å². The first kappa shape index (κ1) is 22.6. The summed E-state index contributed by atoms with van der Waals surface area (Å²) in [5, 5.41) is 16.9. The Morgan fingerprint density at radius 1 is 1.00 bits per heavy atom. The summed E-state index contributed by atoms with van der Waals surface area (Å²) in [5.74, 6) is -0.538. The number of aliphatic hydroxyl groups excluding tert-OH is 1. The maximum absolute atomic E-state index is 13.5. The number of benzene rings is 3. The first-order valence-electron chi connectivity index (χ1n) is 11.4. The minimum Gasteiger partial charge on any atom is -0.392 e. The molecule has 7 nitrogen and oxygen atoms in total. The molecule has 0 saturated carbocycles. The summed E-state index contributed by atoms with van der Waals surface area (Å²) in [6.07, 6.45) is 3.34. The van der Waals surface area contributed by atoms with Crippen molar-refractivity contribution in [3.63, 3.8) is 0 Å². The highest BCUT2D eigenvalue weighted by Crippen LogP contribution is 2.29. The van der Waals surface area contributed by atoms with Crippen LogP contribution in [0.25, 0.3) is 33.1 Å². The van der Waals surface area contributed by atoms with Gasteiger partial charge >= 0.3 is 0 Å². The summed E-state index contributed by atoms with van der Waals surface area (Å²) in [7, 11) is 0. The zero-order valence-electron chi connectivity index (χ0n) is 19.8. The Morgan fingerprint density at radius 3 is 2.46 bits per heavy atom. The number of aromatic nitrogens is 3. The van der Waals surface area contributed by atoms with Gasteiger partial charge < -0.3 is 15.4 Å². The van der Waals surface area contributed by atoms with Gasteiger partial charge in [-0.05, 0) is 41.3 Å². The number of hydrogen-bond donors (Lipinski definition) is 2. The van der Waals surface area contributed by atoms with Crippen LogP contribution in [0.3, 0.4) is 0 Å². The second kappa shape index (κ2) is 8.21. The molecular formula is C28H26N4O3. The Morgan fingerprint density at radius 2 is 1.74 bits per heavy atom. The number of aliphatic hydroxyl groups is 1. The summed E-state index contributed by atoms with van der Waals surface area (Å²) < 4.78 is 3.13. The van der Waals surface area contributed by atoms with Crippen LogP contribution in [0.4, 0.5) is 0 Å². The van der Waals surface area contributed by atoms with E-state index < -0.39 is 5.91 Å². The number of hydrogen-bond acceptors (Lipinski definition) is 4. The molecule has 0 bridgehead atoms. The molecule has 0 aliphatic rings. The van der Waals surface area contributed by atoms with Crippen LogP contribution in [0.2, 0.25) is 0 Å². The number of fused-ring (bicyclic) bond motifs is 2. The van der Waals surface area contributed by atoms with Crippen molar-refractivity contribution in [1.29, 1.82) is 0 Å². The largest absolute Gasteiger partial charge is 0.392 e. The molecule has 5 aromatic rings. The number of nitrogens with zero attached hydrogens (tertiary/aromatic N) is 3. The Kier molecular flexibility index (Phi) is 5.29. The molecule has 2 aromatic heterocycles. The standard InChI is InChI=1S/C28H26N4O3/c1-28(2,3)18-11-12-19-17(13-18)14-30-32(27(19)35)25-10-6-9-24(22(25)16-33)31-15-21(26(29)34)20-7-4-5-8-23(20)31/h4-15,33H,16H2,1-3H3,(H2,29,34). The fourth-order valence-corrected chi connectivity index (χ4v) is 4.51. The molecule has 0 aliphatic heterocycles. The highest BCUT2D eigenvalue weighted by atomic mass is 16.3. The van der Waals surface area contributed by atoms with E-state index in [1.807, 2.05) is 53.1 Å². The first-order chi connectivity index (χ1) is 16.7. The van der Waals surface area contributed by atoms with E-state index >= 15 is 0 Å². The highest BCUT2D eigenvalue weighted by Gasteiger charge is 2.19. The van der Waals surface area contributed by atoms with Crippen molar-refractivity contribution in [3.8, 4) is 11.4 Å². The molecule has 0 spiro atoms. The lowest BCUT2D eigenvalue weighted by Crippen LogP contribution is -2.23. The van der Waals surface area contributed by atoms with Gasteiger partial charge in [-0.3, -0.25) is 9.59 Å². The van der Waals surface area contributed by atoms with Gasteiger partial charge in [-0.2, -0.15) is 9.78 Å². The third-order valence-electron chi connectivity index (χ3n) is 6.40. The molecule has 0 fully saturated rings. The molecule has 7 heteroatoms. The number of primary amides is 1. The first-order valence-corrected chi connectivity index (χ1v) is 11.4. The molecule has 5 rings (SSSR count). The van der Waals surface area contributed by atoms with Crippen LogP contribution in [0, 0.1) is 0 Å². The molecule has 176 valence electrons. The Labute approximate surface area is 202 Å². The van der Waals surface area contributed by atoms with Crippen LogP contribution in [-0.2, 0) is 12.0 Å². The molecule has 0 atom stereocenters. The van der Waals surface area contributed by atoms with Gasteiger partial charge in [-0.15, -0.1) is 0 Å². The normalized spacial score (nSPS) is 11.9. The average Bonchev–Trinajstić information content (AvgIpc) is 3.23. The van der Waals surface area contributed by atoms with E-state index in [0.29, 0.717) is 33.3 Å². The summed E-state index contributed by atoms with van der Waals surface area (Å²) in [6.45, 7) is 6.03.